The maximum absolute atomic E-state index is 12.1. The lowest BCUT2D eigenvalue weighted by atomic mass is 10.1. The highest BCUT2D eigenvalue weighted by Gasteiger charge is 2.20. The lowest BCUT2D eigenvalue weighted by Crippen LogP contribution is -2.38. The molecule has 0 radical (unpaired) electrons. The molecule has 116 valence electrons. The molecule has 1 aromatic rings. The molecule has 2 rings (SSSR count). The van der Waals surface area contributed by atoms with Gasteiger partial charge in [-0.15, -0.1) is 0 Å². The minimum atomic E-state index is 0.0852. The van der Waals surface area contributed by atoms with E-state index < -0.39 is 0 Å². The average Bonchev–Trinajstić information content (AvgIpc) is 2.52. The first-order chi connectivity index (χ1) is 10.2. The molecule has 0 amide bonds. The third-order valence-electron chi connectivity index (χ3n) is 3.80. The molecule has 0 bridgehead atoms. The number of aliphatic hydroxyl groups is 1. The van der Waals surface area contributed by atoms with Crippen LogP contribution in [-0.2, 0) is 4.74 Å². The topological polar surface area (TPSA) is 49.8 Å². The number of carbonyl (C=O) groups is 1. The number of benzene rings is 1. The summed E-state index contributed by atoms with van der Waals surface area (Å²) in [5.74, 6) is 0.196. The summed E-state index contributed by atoms with van der Waals surface area (Å²) in [7, 11) is 0. The summed E-state index contributed by atoms with van der Waals surface area (Å²) in [6.07, 6.45) is 2.78. The molecule has 1 aromatic carbocycles. The molecule has 0 unspecified atom stereocenters. The second kappa shape index (κ2) is 8.63. The van der Waals surface area contributed by atoms with Crippen LogP contribution in [0.15, 0.2) is 28.7 Å². The van der Waals surface area contributed by atoms with Crippen molar-refractivity contribution >= 4 is 21.7 Å². The molecule has 1 aliphatic heterocycles. The molecule has 1 saturated heterocycles. The van der Waals surface area contributed by atoms with Crippen LogP contribution in [0, 0.1) is 0 Å². The second-order valence-corrected chi connectivity index (χ2v) is 6.23. The van der Waals surface area contributed by atoms with E-state index >= 15 is 0 Å². The van der Waals surface area contributed by atoms with Crippen molar-refractivity contribution < 1.29 is 14.6 Å². The smallest absolute Gasteiger partial charge is 0.164 e. The van der Waals surface area contributed by atoms with Crippen molar-refractivity contribution in [3.05, 3.63) is 34.3 Å². The van der Waals surface area contributed by atoms with E-state index in [4.69, 9.17) is 9.84 Å². The maximum atomic E-state index is 12.1. The summed E-state index contributed by atoms with van der Waals surface area (Å²) in [6, 6.07) is 7.53. The zero-order chi connectivity index (χ0) is 15.1. The Morgan fingerprint density at radius 3 is 2.57 bits per heavy atom. The summed E-state index contributed by atoms with van der Waals surface area (Å²) < 4.78 is 6.53. The second-order valence-electron chi connectivity index (χ2n) is 5.32. The highest BCUT2D eigenvalue weighted by Crippen LogP contribution is 2.15. The van der Waals surface area contributed by atoms with E-state index in [0.29, 0.717) is 13.0 Å². The van der Waals surface area contributed by atoms with E-state index in [2.05, 4.69) is 20.8 Å². The van der Waals surface area contributed by atoms with Crippen LogP contribution in [0.2, 0.25) is 0 Å². The Morgan fingerprint density at radius 1 is 1.29 bits per heavy atom. The molecular weight excluding hydrogens is 334 g/mol. The number of hydrogen-bond donors (Lipinski definition) is 1. The van der Waals surface area contributed by atoms with E-state index in [1.807, 2.05) is 24.3 Å². The molecule has 1 fully saturated rings. The molecular formula is C16H22BrNO3. The van der Waals surface area contributed by atoms with Crippen molar-refractivity contribution in [2.75, 3.05) is 32.8 Å². The van der Waals surface area contributed by atoms with Gasteiger partial charge in [-0.25, -0.2) is 0 Å². The fourth-order valence-corrected chi connectivity index (χ4v) is 2.82. The highest BCUT2D eigenvalue weighted by atomic mass is 79.9. The fourth-order valence-electron chi connectivity index (χ4n) is 2.56. The third-order valence-corrected chi connectivity index (χ3v) is 4.33. The van der Waals surface area contributed by atoms with E-state index in [0.717, 1.165) is 42.5 Å². The largest absolute Gasteiger partial charge is 0.394 e. The Balaban J connectivity index is 1.69. The van der Waals surface area contributed by atoms with E-state index in [1.165, 1.54) is 0 Å². The molecule has 5 heteroatoms. The third kappa shape index (κ3) is 5.51. The van der Waals surface area contributed by atoms with Gasteiger partial charge >= 0.3 is 0 Å². The van der Waals surface area contributed by atoms with Crippen LogP contribution in [0.5, 0.6) is 0 Å². The lowest BCUT2D eigenvalue weighted by Gasteiger charge is -2.31. The van der Waals surface area contributed by atoms with Gasteiger partial charge in [-0.1, -0.05) is 28.1 Å². The molecule has 4 nitrogen and oxygen atoms in total. The van der Waals surface area contributed by atoms with Crippen molar-refractivity contribution in [2.45, 2.75) is 25.4 Å². The standard InChI is InChI=1S/C16H22BrNO3/c17-14-3-1-13(2-4-14)16(20)7-10-18-8-5-15(6-9-18)21-12-11-19/h1-4,15,19H,5-12H2. The number of likely N-dealkylation sites (tertiary alicyclic amines) is 1. The Kier molecular flexibility index (Phi) is 6.83. The Hall–Kier alpha value is -0.750. The Morgan fingerprint density at radius 2 is 1.95 bits per heavy atom. The van der Waals surface area contributed by atoms with Gasteiger partial charge in [0.25, 0.3) is 0 Å². The number of aliphatic hydroxyl groups excluding tert-OH is 1. The number of ketones is 1. The Labute approximate surface area is 134 Å². The summed E-state index contributed by atoms with van der Waals surface area (Å²) >= 11 is 3.37. The van der Waals surface area contributed by atoms with Gasteiger partial charge in [0, 0.05) is 36.1 Å². The van der Waals surface area contributed by atoms with Crippen LogP contribution in [0.25, 0.3) is 0 Å². The predicted octanol–water partition coefficient (Wildman–Crippen LogP) is 2.50. The number of ether oxygens (including phenoxy) is 1. The number of nitrogens with zero attached hydrogens (tertiary/aromatic N) is 1. The molecule has 0 atom stereocenters. The van der Waals surface area contributed by atoms with Gasteiger partial charge < -0.3 is 14.7 Å². The monoisotopic (exact) mass is 355 g/mol. The van der Waals surface area contributed by atoms with Crippen molar-refractivity contribution in [3.8, 4) is 0 Å². The number of rotatable bonds is 7. The van der Waals surface area contributed by atoms with Crippen molar-refractivity contribution in [1.82, 2.24) is 4.90 Å². The van der Waals surface area contributed by atoms with Crippen molar-refractivity contribution in [1.29, 1.82) is 0 Å². The molecule has 1 aliphatic rings. The van der Waals surface area contributed by atoms with E-state index in [1.54, 1.807) is 0 Å². The van der Waals surface area contributed by atoms with Gasteiger partial charge in [-0.05, 0) is 25.0 Å². The lowest BCUT2D eigenvalue weighted by molar-refractivity contribution is -0.00760. The minimum absolute atomic E-state index is 0.0852. The van der Waals surface area contributed by atoms with Crippen LogP contribution >= 0.6 is 15.9 Å². The van der Waals surface area contributed by atoms with Gasteiger partial charge in [-0.3, -0.25) is 4.79 Å². The molecule has 1 heterocycles. The first kappa shape index (κ1) is 16.6. The van der Waals surface area contributed by atoms with Crippen LogP contribution in [0.1, 0.15) is 29.6 Å². The zero-order valence-corrected chi connectivity index (χ0v) is 13.7. The maximum Gasteiger partial charge on any atom is 0.164 e. The summed E-state index contributed by atoms with van der Waals surface area (Å²) in [5.41, 5.74) is 0.777. The van der Waals surface area contributed by atoms with Crippen LogP contribution in [0.3, 0.4) is 0 Å². The van der Waals surface area contributed by atoms with Crippen LogP contribution in [-0.4, -0.2) is 54.7 Å². The quantitative estimate of drug-likeness (QED) is 0.763. The molecule has 0 spiro atoms. The SMILES string of the molecule is O=C(CCN1CCC(OCCO)CC1)c1ccc(Br)cc1. The fraction of sp³-hybridized carbons (Fsp3) is 0.562. The predicted molar refractivity (Wildman–Crippen MR) is 85.6 cm³/mol. The van der Waals surface area contributed by atoms with Crippen molar-refractivity contribution in [3.63, 3.8) is 0 Å². The number of hydrogen-bond acceptors (Lipinski definition) is 4. The average molecular weight is 356 g/mol. The van der Waals surface area contributed by atoms with Crippen LogP contribution in [0.4, 0.5) is 0 Å². The zero-order valence-electron chi connectivity index (χ0n) is 12.1. The van der Waals surface area contributed by atoms with Gasteiger partial charge in [0.05, 0.1) is 19.3 Å². The minimum Gasteiger partial charge on any atom is -0.394 e. The van der Waals surface area contributed by atoms with Crippen LogP contribution < -0.4 is 0 Å². The molecule has 1 N–H and O–H groups in total. The summed E-state index contributed by atoms with van der Waals surface area (Å²) in [5, 5.41) is 8.74. The van der Waals surface area contributed by atoms with E-state index in [-0.39, 0.29) is 18.5 Å². The molecule has 0 aromatic heterocycles. The van der Waals surface area contributed by atoms with Gasteiger partial charge in [0.1, 0.15) is 0 Å². The number of piperidine rings is 1. The molecule has 21 heavy (non-hydrogen) atoms. The molecule has 0 aliphatic carbocycles. The Bertz CT molecular complexity index is 441. The van der Waals surface area contributed by atoms with Crippen molar-refractivity contribution in [2.24, 2.45) is 0 Å². The highest BCUT2D eigenvalue weighted by molar-refractivity contribution is 9.10. The van der Waals surface area contributed by atoms with Gasteiger partial charge in [0.2, 0.25) is 0 Å². The van der Waals surface area contributed by atoms with E-state index in [9.17, 15) is 4.79 Å². The summed E-state index contributed by atoms with van der Waals surface area (Å²) in [4.78, 5) is 14.4. The molecule has 0 saturated carbocycles. The summed E-state index contributed by atoms with van der Waals surface area (Å²) in [6.45, 7) is 3.24. The van der Waals surface area contributed by atoms with Gasteiger partial charge in [0.15, 0.2) is 5.78 Å². The number of Topliss-reactive ketones (excluding diaryl/α,β-unsaturated/α-hetero) is 1. The first-order valence-corrected chi connectivity index (χ1v) is 8.22. The van der Waals surface area contributed by atoms with Gasteiger partial charge in [-0.2, -0.15) is 0 Å². The normalized spacial score (nSPS) is 17.0. The number of carbonyl (C=O) groups excluding carboxylic acids is 1. The number of halogens is 1. The first-order valence-electron chi connectivity index (χ1n) is 7.42.